The molecular formula is C17H24O4S3. The Labute approximate surface area is 156 Å². The van der Waals surface area contributed by atoms with Gasteiger partial charge in [0.15, 0.2) is 0 Å². The maximum absolute atomic E-state index is 11.2. The lowest BCUT2D eigenvalue weighted by Gasteiger charge is -2.03. The van der Waals surface area contributed by atoms with E-state index in [4.69, 9.17) is 9.47 Å². The van der Waals surface area contributed by atoms with Crippen molar-refractivity contribution in [2.24, 2.45) is 0 Å². The number of rotatable bonds is 12. The van der Waals surface area contributed by atoms with Crippen LogP contribution in [0, 0.1) is 0 Å². The quantitative estimate of drug-likeness (QED) is 0.302. The molecule has 0 aliphatic rings. The lowest BCUT2D eigenvalue weighted by Crippen LogP contribution is -2.07. The summed E-state index contributed by atoms with van der Waals surface area (Å²) in [4.78, 5) is 24.9. The predicted octanol–water partition coefficient (Wildman–Crippen LogP) is 4.29. The van der Waals surface area contributed by atoms with E-state index in [-0.39, 0.29) is 11.9 Å². The third-order valence-corrected chi connectivity index (χ3v) is 6.19. The molecule has 0 radical (unpaired) electrons. The van der Waals surface area contributed by atoms with Gasteiger partial charge >= 0.3 is 11.9 Å². The summed E-state index contributed by atoms with van der Waals surface area (Å²) in [5, 5.41) is 0. The standard InChI is InChI=1S/C17H24O4S3/c1-4-16(18)20-7-9-22-11-14-5-6-15(24-14)12-23-10-8-21-17(19)13(2)3/h5-6H,2,4,7-12H2,1,3H3. The van der Waals surface area contributed by atoms with Crippen LogP contribution >= 0.6 is 34.9 Å². The summed E-state index contributed by atoms with van der Waals surface area (Å²) in [5.74, 6) is 3.00. The zero-order valence-corrected chi connectivity index (χ0v) is 16.6. The van der Waals surface area contributed by atoms with Crippen LogP contribution < -0.4 is 0 Å². The van der Waals surface area contributed by atoms with E-state index in [1.807, 2.05) is 0 Å². The van der Waals surface area contributed by atoms with E-state index >= 15 is 0 Å². The van der Waals surface area contributed by atoms with Crippen molar-refractivity contribution >= 4 is 46.8 Å². The molecule has 24 heavy (non-hydrogen) atoms. The van der Waals surface area contributed by atoms with Crippen molar-refractivity contribution < 1.29 is 19.1 Å². The Bertz CT molecular complexity index is 540. The molecule has 0 N–H and O–H groups in total. The smallest absolute Gasteiger partial charge is 0.333 e. The molecule has 0 bridgehead atoms. The van der Waals surface area contributed by atoms with E-state index in [9.17, 15) is 9.59 Å². The Hall–Kier alpha value is -0.920. The fourth-order valence-corrected chi connectivity index (χ4v) is 4.42. The van der Waals surface area contributed by atoms with Gasteiger partial charge in [-0.3, -0.25) is 4.79 Å². The zero-order valence-electron chi connectivity index (χ0n) is 14.2. The van der Waals surface area contributed by atoms with Crippen LogP contribution in [-0.2, 0) is 30.6 Å². The van der Waals surface area contributed by atoms with Gasteiger partial charge in [-0.05, 0) is 19.1 Å². The summed E-state index contributed by atoms with van der Waals surface area (Å²) < 4.78 is 10.1. The number of thioether (sulfide) groups is 2. The first-order valence-corrected chi connectivity index (χ1v) is 10.9. The first-order chi connectivity index (χ1) is 11.5. The number of carbonyl (C=O) groups excluding carboxylic acids is 2. The molecule has 0 aliphatic carbocycles. The Balaban J connectivity index is 2.09. The van der Waals surface area contributed by atoms with Crippen LogP contribution in [0.4, 0.5) is 0 Å². The molecule has 0 aromatic carbocycles. The van der Waals surface area contributed by atoms with Crippen LogP contribution in [0.3, 0.4) is 0 Å². The third kappa shape index (κ3) is 9.39. The van der Waals surface area contributed by atoms with E-state index in [2.05, 4.69) is 18.7 Å². The van der Waals surface area contributed by atoms with Gasteiger partial charge in [0, 0.05) is 44.8 Å². The Morgan fingerprint density at radius 1 is 1.08 bits per heavy atom. The Morgan fingerprint density at radius 3 is 2.12 bits per heavy atom. The first kappa shape index (κ1) is 21.1. The van der Waals surface area contributed by atoms with Crippen LogP contribution in [0.5, 0.6) is 0 Å². The van der Waals surface area contributed by atoms with Crippen molar-refractivity contribution in [1.29, 1.82) is 0 Å². The van der Waals surface area contributed by atoms with Gasteiger partial charge in [0.05, 0.1) is 0 Å². The molecular weight excluding hydrogens is 364 g/mol. The van der Waals surface area contributed by atoms with Gasteiger partial charge in [0.2, 0.25) is 0 Å². The largest absolute Gasteiger partial charge is 0.465 e. The fraction of sp³-hybridized carbons (Fsp3) is 0.529. The highest BCUT2D eigenvalue weighted by molar-refractivity contribution is 7.99. The summed E-state index contributed by atoms with van der Waals surface area (Å²) in [6.07, 6.45) is 0.434. The molecule has 1 rings (SSSR count). The maximum Gasteiger partial charge on any atom is 0.333 e. The number of hydrogen-bond acceptors (Lipinski definition) is 7. The second kappa shape index (κ2) is 12.4. The molecule has 0 fully saturated rings. The normalized spacial score (nSPS) is 10.4. The molecule has 7 heteroatoms. The lowest BCUT2D eigenvalue weighted by atomic mass is 10.4. The number of thiophene rings is 1. The fourth-order valence-electron chi connectivity index (χ4n) is 1.56. The number of esters is 2. The van der Waals surface area contributed by atoms with Gasteiger partial charge in [-0.25, -0.2) is 4.79 Å². The third-order valence-electron chi connectivity index (χ3n) is 2.79. The summed E-state index contributed by atoms with van der Waals surface area (Å²) in [5.41, 5.74) is 0.435. The molecule has 1 aromatic rings. The molecule has 1 heterocycles. The van der Waals surface area contributed by atoms with Crippen LogP contribution in [0.2, 0.25) is 0 Å². The Morgan fingerprint density at radius 2 is 1.62 bits per heavy atom. The van der Waals surface area contributed by atoms with Crippen LogP contribution in [0.25, 0.3) is 0 Å². The maximum atomic E-state index is 11.2. The summed E-state index contributed by atoms with van der Waals surface area (Å²) >= 11 is 5.32. The van der Waals surface area contributed by atoms with Gasteiger partial charge in [0.1, 0.15) is 13.2 Å². The molecule has 0 atom stereocenters. The molecule has 4 nitrogen and oxygen atoms in total. The van der Waals surface area contributed by atoms with Crippen LogP contribution in [-0.4, -0.2) is 36.7 Å². The summed E-state index contributed by atoms with van der Waals surface area (Å²) in [7, 11) is 0. The van der Waals surface area contributed by atoms with Crippen LogP contribution in [0.1, 0.15) is 30.0 Å². The first-order valence-electron chi connectivity index (χ1n) is 7.74. The van der Waals surface area contributed by atoms with Crippen molar-refractivity contribution in [2.75, 3.05) is 24.7 Å². The minimum atomic E-state index is -0.323. The van der Waals surface area contributed by atoms with Crippen molar-refractivity contribution in [3.05, 3.63) is 34.0 Å². The molecule has 0 aliphatic heterocycles. The predicted molar refractivity (Wildman–Crippen MR) is 104 cm³/mol. The summed E-state index contributed by atoms with van der Waals surface area (Å²) in [6, 6.07) is 4.29. The highest BCUT2D eigenvalue weighted by Gasteiger charge is 2.04. The van der Waals surface area contributed by atoms with E-state index < -0.39 is 0 Å². The molecule has 134 valence electrons. The molecule has 0 saturated heterocycles. The van der Waals surface area contributed by atoms with E-state index in [0.29, 0.717) is 25.2 Å². The van der Waals surface area contributed by atoms with Gasteiger partial charge in [-0.1, -0.05) is 13.5 Å². The monoisotopic (exact) mass is 388 g/mol. The Kier molecular flexibility index (Phi) is 11.0. The number of ether oxygens (including phenoxy) is 2. The second-order valence-electron chi connectivity index (χ2n) is 4.96. The van der Waals surface area contributed by atoms with Crippen molar-refractivity contribution in [2.45, 2.75) is 31.8 Å². The van der Waals surface area contributed by atoms with Crippen molar-refractivity contribution in [1.82, 2.24) is 0 Å². The zero-order chi connectivity index (χ0) is 17.8. The minimum absolute atomic E-state index is 0.139. The van der Waals surface area contributed by atoms with Gasteiger partial charge < -0.3 is 9.47 Å². The van der Waals surface area contributed by atoms with Gasteiger partial charge in [0.25, 0.3) is 0 Å². The SMILES string of the molecule is C=C(C)C(=O)OCCSCc1ccc(CSCCOC(=O)CC)s1. The summed E-state index contributed by atoms with van der Waals surface area (Å²) in [6.45, 7) is 7.89. The molecule has 0 amide bonds. The minimum Gasteiger partial charge on any atom is -0.465 e. The van der Waals surface area contributed by atoms with Crippen molar-refractivity contribution in [3.8, 4) is 0 Å². The van der Waals surface area contributed by atoms with E-state index in [1.165, 1.54) is 9.75 Å². The highest BCUT2D eigenvalue weighted by atomic mass is 32.2. The lowest BCUT2D eigenvalue weighted by molar-refractivity contribution is -0.142. The average Bonchev–Trinajstić information content (AvgIpc) is 3.01. The highest BCUT2D eigenvalue weighted by Crippen LogP contribution is 2.25. The average molecular weight is 389 g/mol. The van der Waals surface area contributed by atoms with E-state index in [0.717, 1.165) is 23.0 Å². The van der Waals surface area contributed by atoms with E-state index in [1.54, 1.807) is 48.7 Å². The second-order valence-corrected chi connectivity index (χ2v) is 8.43. The topological polar surface area (TPSA) is 52.6 Å². The molecule has 1 aromatic heterocycles. The molecule has 0 spiro atoms. The van der Waals surface area contributed by atoms with Crippen LogP contribution in [0.15, 0.2) is 24.3 Å². The number of hydrogen-bond donors (Lipinski definition) is 0. The molecule has 0 saturated carbocycles. The van der Waals surface area contributed by atoms with Gasteiger partial charge in [-0.2, -0.15) is 23.5 Å². The molecule has 0 unspecified atom stereocenters. The van der Waals surface area contributed by atoms with Gasteiger partial charge in [-0.15, -0.1) is 11.3 Å². The number of carbonyl (C=O) groups is 2. The van der Waals surface area contributed by atoms with Crippen molar-refractivity contribution in [3.63, 3.8) is 0 Å².